The second-order valence-electron chi connectivity index (χ2n) is 5.25. The molecule has 3 N–H and O–H groups in total. The SMILES string of the molecule is COc1cnn(C)c1C(CCc1c(C)nn(C)c1C)NN. The molecule has 0 saturated heterocycles. The summed E-state index contributed by atoms with van der Waals surface area (Å²) in [4.78, 5) is 0. The molecule has 0 spiro atoms. The normalized spacial score (nSPS) is 12.7. The molecule has 116 valence electrons. The van der Waals surface area contributed by atoms with Crippen molar-refractivity contribution < 1.29 is 4.74 Å². The Morgan fingerprint density at radius 2 is 2.05 bits per heavy atom. The Kier molecular flexibility index (Phi) is 4.64. The molecule has 2 aromatic heterocycles. The van der Waals surface area contributed by atoms with Crippen LogP contribution in [0.25, 0.3) is 0 Å². The molecule has 0 radical (unpaired) electrons. The van der Waals surface area contributed by atoms with E-state index >= 15 is 0 Å². The minimum Gasteiger partial charge on any atom is -0.493 e. The highest BCUT2D eigenvalue weighted by Crippen LogP contribution is 2.28. The Hall–Kier alpha value is -1.86. The first kappa shape index (κ1) is 15.5. The zero-order valence-electron chi connectivity index (χ0n) is 13.3. The summed E-state index contributed by atoms with van der Waals surface area (Å²) in [5, 5.41) is 8.68. The highest BCUT2D eigenvalue weighted by Gasteiger charge is 2.21. The van der Waals surface area contributed by atoms with Crippen molar-refractivity contribution in [3.8, 4) is 5.75 Å². The van der Waals surface area contributed by atoms with Gasteiger partial charge in [-0.05, 0) is 32.3 Å². The predicted molar refractivity (Wildman–Crippen MR) is 80.8 cm³/mol. The molecule has 7 heteroatoms. The molecular weight excluding hydrogens is 268 g/mol. The van der Waals surface area contributed by atoms with Crippen molar-refractivity contribution >= 4 is 0 Å². The monoisotopic (exact) mass is 292 g/mol. The fraction of sp³-hybridized carbons (Fsp3) is 0.571. The summed E-state index contributed by atoms with van der Waals surface area (Å²) in [5.74, 6) is 6.48. The van der Waals surface area contributed by atoms with Crippen molar-refractivity contribution in [2.75, 3.05) is 7.11 Å². The number of aromatic nitrogens is 4. The number of nitrogens with zero attached hydrogens (tertiary/aromatic N) is 4. The predicted octanol–water partition coefficient (Wildman–Crippen LogP) is 0.916. The third kappa shape index (κ3) is 2.93. The molecule has 0 saturated carbocycles. The van der Waals surface area contributed by atoms with Crippen LogP contribution in [0.15, 0.2) is 6.20 Å². The molecule has 2 heterocycles. The average Bonchev–Trinajstić information content (AvgIpc) is 2.94. The van der Waals surface area contributed by atoms with E-state index in [0.717, 1.165) is 30.0 Å². The van der Waals surface area contributed by atoms with Crippen LogP contribution in [0.5, 0.6) is 5.75 Å². The molecule has 2 rings (SSSR count). The molecule has 0 aliphatic heterocycles. The van der Waals surface area contributed by atoms with Crippen LogP contribution in [0.2, 0.25) is 0 Å². The van der Waals surface area contributed by atoms with E-state index in [1.54, 1.807) is 18.0 Å². The van der Waals surface area contributed by atoms with Gasteiger partial charge in [0.15, 0.2) is 5.75 Å². The van der Waals surface area contributed by atoms with Crippen molar-refractivity contribution in [3.05, 3.63) is 28.8 Å². The summed E-state index contributed by atoms with van der Waals surface area (Å²) >= 11 is 0. The van der Waals surface area contributed by atoms with E-state index in [0.29, 0.717) is 0 Å². The number of hydrazine groups is 1. The number of aryl methyl sites for hydroxylation is 3. The second-order valence-corrected chi connectivity index (χ2v) is 5.25. The molecule has 0 aromatic carbocycles. The highest BCUT2D eigenvalue weighted by molar-refractivity contribution is 5.29. The zero-order chi connectivity index (χ0) is 15.6. The maximum atomic E-state index is 5.73. The van der Waals surface area contributed by atoms with Crippen LogP contribution >= 0.6 is 0 Å². The van der Waals surface area contributed by atoms with Gasteiger partial charge in [0.2, 0.25) is 0 Å². The molecule has 1 atom stereocenters. The highest BCUT2D eigenvalue weighted by atomic mass is 16.5. The number of rotatable bonds is 6. The van der Waals surface area contributed by atoms with Gasteiger partial charge in [-0.2, -0.15) is 10.2 Å². The van der Waals surface area contributed by atoms with E-state index in [1.165, 1.54) is 11.3 Å². The average molecular weight is 292 g/mol. The maximum Gasteiger partial charge on any atom is 0.161 e. The van der Waals surface area contributed by atoms with Crippen LogP contribution in [0.3, 0.4) is 0 Å². The Bertz CT molecular complexity index is 615. The van der Waals surface area contributed by atoms with Crippen molar-refractivity contribution in [1.29, 1.82) is 0 Å². The zero-order valence-corrected chi connectivity index (χ0v) is 13.3. The molecule has 1 unspecified atom stereocenters. The first-order valence-corrected chi connectivity index (χ1v) is 7.00. The lowest BCUT2D eigenvalue weighted by molar-refractivity contribution is 0.389. The van der Waals surface area contributed by atoms with Crippen LogP contribution in [-0.2, 0) is 20.5 Å². The minimum absolute atomic E-state index is 0.0218. The number of nitrogens with one attached hydrogen (secondary N) is 1. The van der Waals surface area contributed by atoms with E-state index in [4.69, 9.17) is 10.6 Å². The lowest BCUT2D eigenvalue weighted by atomic mass is 10.0. The maximum absolute atomic E-state index is 5.73. The quantitative estimate of drug-likeness (QED) is 0.611. The van der Waals surface area contributed by atoms with Crippen molar-refractivity contribution in [3.63, 3.8) is 0 Å². The molecule has 0 fully saturated rings. The van der Waals surface area contributed by atoms with Gasteiger partial charge in [0.1, 0.15) is 0 Å². The summed E-state index contributed by atoms with van der Waals surface area (Å²) in [7, 11) is 5.50. The fourth-order valence-corrected chi connectivity index (χ4v) is 2.75. The molecule has 21 heavy (non-hydrogen) atoms. The van der Waals surface area contributed by atoms with Gasteiger partial charge in [-0.15, -0.1) is 0 Å². The number of nitrogens with two attached hydrogens (primary N) is 1. The van der Waals surface area contributed by atoms with E-state index < -0.39 is 0 Å². The van der Waals surface area contributed by atoms with Crippen molar-refractivity contribution in [2.24, 2.45) is 19.9 Å². The first-order chi connectivity index (χ1) is 9.99. The molecule has 7 nitrogen and oxygen atoms in total. The molecule has 0 amide bonds. The summed E-state index contributed by atoms with van der Waals surface area (Å²) in [6, 6.07) is -0.0218. The molecule has 2 aromatic rings. The van der Waals surface area contributed by atoms with E-state index in [9.17, 15) is 0 Å². The van der Waals surface area contributed by atoms with Gasteiger partial charge >= 0.3 is 0 Å². The summed E-state index contributed by atoms with van der Waals surface area (Å²) in [5.41, 5.74) is 7.37. The number of ether oxygens (including phenoxy) is 1. The van der Waals surface area contributed by atoms with E-state index in [-0.39, 0.29) is 6.04 Å². The van der Waals surface area contributed by atoms with Crippen LogP contribution in [-0.4, -0.2) is 26.7 Å². The summed E-state index contributed by atoms with van der Waals surface area (Å²) < 4.78 is 9.07. The van der Waals surface area contributed by atoms with Crippen molar-refractivity contribution in [2.45, 2.75) is 32.7 Å². The first-order valence-electron chi connectivity index (χ1n) is 7.00. The molecule has 0 aliphatic rings. The standard InChI is InChI=1S/C14H24N6O/c1-9-11(10(2)19(3)18-9)6-7-12(17-15)14-13(21-5)8-16-20(14)4/h8,12,17H,6-7,15H2,1-5H3. The topological polar surface area (TPSA) is 82.9 Å². The number of hydrogen-bond donors (Lipinski definition) is 2. The Morgan fingerprint density at radius 3 is 2.57 bits per heavy atom. The molecule has 0 aliphatic carbocycles. The lowest BCUT2D eigenvalue weighted by Gasteiger charge is -2.17. The van der Waals surface area contributed by atoms with Gasteiger partial charge in [-0.1, -0.05) is 0 Å². The second kappa shape index (κ2) is 6.28. The Morgan fingerprint density at radius 1 is 1.33 bits per heavy atom. The van der Waals surface area contributed by atoms with Crippen molar-refractivity contribution in [1.82, 2.24) is 25.0 Å². The molecule has 0 bridgehead atoms. The number of methoxy groups -OCH3 is 1. The molecular formula is C14H24N6O. The smallest absolute Gasteiger partial charge is 0.161 e. The lowest BCUT2D eigenvalue weighted by Crippen LogP contribution is -2.30. The van der Waals surface area contributed by atoms with E-state index in [1.807, 2.05) is 25.7 Å². The van der Waals surface area contributed by atoms with Gasteiger partial charge in [0.25, 0.3) is 0 Å². The van der Waals surface area contributed by atoms with Gasteiger partial charge in [0.05, 0.1) is 30.7 Å². The number of hydrogen-bond acceptors (Lipinski definition) is 5. The Labute approximate surface area is 125 Å². The van der Waals surface area contributed by atoms with Gasteiger partial charge in [0, 0.05) is 19.8 Å². The van der Waals surface area contributed by atoms with Crippen LogP contribution in [0, 0.1) is 13.8 Å². The van der Waals surface area contributed by atoms with Crippen LogP contribution in [0.4, 0.5) is 0 Å². The van der Waals surface area contributed by atoms with E-state index in [2.05, 4.69) is 22.5 Å². The Balaban J connectivity index is 2.18. The van der Waals surface area contributed by atoms with Crippen LogP contribution < -0.4 is 16.0 Å². The third-order valence-electron chi connectivity index (χ3n) is 4.04. The fourth-order valence-electron chi connectivity index (χ4n) is 2.75. The van der Waals surface area contributed by atoms with Crippen LogP contribution in [0.1, 0.15) is 35.1 Å². The van der Waals surface area contributed by atoms with Gasteiger partial charge in [-0.25, -0.2) is 0 Å². The largest absolute Gasteiger partial charge is 0.493 e. The third-order valence-corrected chi connectivity index (χ3v) is 4.04. The minimum atomic E-state index is -0.0218. The summed E-state index contributed by atoms with van der Waals surface area (Å²) in [6.07, 6.45) is 3.45. The van der Waals surface area contributed by atoms with Gasteiger partial charge < -0.3 is 4.74 Å². The summed E-state index contributed by atoms with van der Waals surface area (Å²) in [6.45, 7) is 4.13. The van der Waals surface area contributed by atoms with Gasteiger partial charge in [-0.3, -0.25) is 20.6 Å².